The zero-order valence-corrected chi connectivity index (χ0v) is 11.8. The molecule has 2 aromatic rings. The Morgan fingerprint density at radius 3 is 2.75 bits per heavy atom. The molecule has 3 rings (SSSR count). The maximum absolute atomic E-state index is 5.86. The predicted octanol–water partition coefficient (Wildman–Crippen LogP) is 2.84. The van der Waals surface area contributed by atoms with E-state index in [0.29, 0.717) is 5.69 Å². The summed E-state index contributed by atoms with van der Waals surface area (Å²) in [6.07, 6.45) is 1.13. The van der Waals surface area contributed by atoms with Crippen molar-refractivity contribution in [3.8, 4) is 5.75 Å². The molecule has 0 saturated heterocycles. The van der Waals surface area contributed by atoms with Gasteiger partial charge in [-0.2, -0.15) is 0 Å². The Morgan fingerprint density at radius 1 is 1.15 bits per heavy atom. The van der Waals surface area contributed by atoms with E-state index in [0.717, 1.165) is 31.8 Å². The second-order valence-corrected chi connectivity index (χ2v) is 5.31. The summed E-state index contributed by atoms with van der Waals surface area (Å²) < 4.78 is 5.29. The number of anilines is 1. The van der Waals surface area contributed by atoms with Crippen LogP contribution >= 0.6 is 0 Å². The third kappa shape index (κ3) is 2.63. The SMILES string of the molecule is COc1cc(CN2CCc3ccccc3C2)ccc1N. The second-order valence-electron chi connectivity index (χ2n) is 5.31. The largest absolute Gasteiger partial charge is 0.495 e. The fourth-order valence-corrected chi connectivity index (χ4v) is 2.80. The third-order valence-electron chi connectivity index (χ3n) is 3.91. The van der Waals surface area contributed by atoms with E-state index in [4.69, 9.17) is 10.5 Å². The fourth-order valence-electron chi connectivity index (χ4n) is 2.80. The van der Waals surface area contributed by atoms with Gasteiger partial charge in [-0.25, -0.2) is 0 Å². The highest BCUT2D eigenvalue weighted by atomic mass is 16.5. The molecule has 0 atom stereocenters. The molecule has 0 saturated carbocycles. The smallest absolute Gasteiger partial charge is 0.142 e. The van der Waals surface area contributed by atoms with Gasteiger partial charge < -0.3 is 10.5 Å². The zero-order valence-electron chi connectivity index (χ0n) is 11.8. The second kappa shape index (κ2) is 5.55. The van der Waals surface area contributed by atoms with E-state index in [-0.39, 0.29) is 0 Å². The number of ether oxygens (including phenoxy) is 1. The minimum Gasteiger partial charge on any atom is -0.495 e. The van der Waals surface area contributed by atoms with Crippen molar-refractivity contribution >= 4 is 5.69 Å². The molecule has 2 aromatic carbocycles. The molecule has 1 aliphatic heterocycles. The summed E-state index contributed by atoms with van der Waals surface area (Å²) in [5.41, 5.74) is 10.7. The Morgan fingerprint density at radius 2 is 1.95 bits per heavy atom. The molecule has 0 aliphatic carbocycles. The van der Waals surface area contributed by atoms with Crippen LogP contribution < -0.4 is 10.5 Å². The maximum atomic E-state index is 5.86. The number of nitrogens with zero attached hydrogens (tertiary/aromatic N) is 1. The van der Waals surface area contributed by atoms with Crippen molar-refractivity contribution in [3.63, 3.8) is 0 Å². The Bertz CT molecular complexity index is 610. The van der Waals surface area contributed by atoms with Gasteiger partial charge in [-0.3, -0.25) is 4.90 Å². The van der Waals surface area contributed by atoms with Crippen LogP contribution in [-0.2, 0) is 19.5 Å². The third-order valence-corrected chi connectivity index (χ3v) is 3.91. The molecule has 1 heterocycles. The number of methoxy groups -OCH3 is 1. The van der Waals surface area contributed by atoms with Crippen LogP contribution in [0.5, 0.6) is 5.75 Å². The highest BCUT2D eigenvalue weighted by molar-refractivity contribution is 5.53. The van der Waals surface area contributed by atoms with Crippen LogP contribution in [0.25, 0.3) is 0 Å². The molecular formula is C17H20N2O. The molecule has 20 heavy (non-hydrogen) atoms. The van der Waals surface area contributed by atoms with Crippen LogP contribution in [0.15, 0.2) is 42.5 Å². The summed E-state index contributed by atoms with van der Waals surface area (Å²) in [5, 5.41) is 0. The van der Waals surface area contributed by atoms with Crippen molar-refractivity contribution < 1.29 is 4.74 Å². The lowest BCUT2D eigenvalue weighted by molar-refractivity contribution is 0.245. The minimum absolute atomic E-state index is 0.695. The van der Waals surface area contributed by atoms with E-state index in [9.17, 15) is 0 Å². The average Bonchev–Trinajstić information content (AvgIpc) is 2.49. The average molecular weight is 268 g/mol. The molecule has 104 valence electrons. The molecule has 2 N–H and O–H groups in total. The molecule has 0 bridgehead atoms. The molecule has 0 amide bonds. The highest BCUT2D eigenvalue weighted by Gasteiger charge is 2.16. The molecule has 0 radical (unpaired) electrons. The summed E-state index contributed by atoms with van der Waals surface area (Å²) in [4.78, 5) is 2.47. The Hall–Kier alpha value is -2.00. The molecule has 3 nitrogen and oxygen atoms in total. The maximum Gasteiger partial charge on any atom is 0.142 e. The summed E-state index contributed by atoms with van der Waals surface area (Å²) in [6, 6.07) is 14.7. The Kier molecular flexibility index (Phi) is 3.61. The quantitative estimate of drug-likeness (QED) is 0.870. The molecule has 0 aromatic heterocycles. The van der Waals surface area contributed by atoms with Gasteiger partial charge in [0, 0.05) is 19.6 Å². The predicted molar refractivity (Wildman–Crippen MR) is 81.7 cm³/mol. The summed E-state index contributed by atoms with van der Waals surface area (Å²) in [5.74, 6) is 0.764. The standard InChI is InChI=1S/C17H20N2O/c1-20-17-10-13(6-7-16(17)18)11-19-9-8-14-4-2-3-5-15(14)12-19/h2-7,10H,8-9,11-12,18H2,1H3. The zero-order chi connectivity index (χ0) is 13.9. The Labute approximate surface area is 120 Å². The summed E-state index contributed by atoms with van der Waals surface area (Å²) in [7, 11) is 1.66. The van der Waals surface area contributed by atoms with Crippen molar-refractivity contribution in [2.45, 2.75) is 19.5 Å². The number of rotatable bonds is 3. The normalized spacial score (nSPS) is 14.8. The van der Waals surface area contributed by atoms with Crippen molar-refractivity contribution in [3.05, 3.63) is 59.2 Å². The summed E-state index contributed by atoms with van der Waals surface area (Å²) >= 11 is 0. The first kappa shape index (κ1) is 13.0. The van der Waals surface area contributed by atoms with Gasteiger partial charge >= 0.3 is 0 Å². The van der Waals surface area contributed by atoms with Gasteiger partial charge in [0.05, 0.1) is 12.8 Å². The van der Waals surface area contributed by atoms with Gasteiger partial charge in [0.1, 0.15) is 5.75 Å². The van der Waals surface area contributed by atoms with E-state index in [2.05, 4.69) is 35.2 Å². The van der Waals surface area contributed by atoms with Gasteiger partial charge in [-0.1, -0.05) is 30.3 Å². The van der Waals surface area contributed by atoms with Gasteiger partial charge in [0.25, 0.3) is 0 Å². The first-order valence-electron chi connectivity index (χ1n) is 6.98. The van der Waals surface area contributed by atoms with Crippen LogP contribution in [0.4, 0.5) is 5.69 Å². The molecular weight excluding hydrogens is 248 g/mol. The summed E-state index contributed by atoms with van der Waals surface area (Å²) in [6.45, 7) is 3.05. The topological polar surface area (TPSA) is 38.5 Å². The number of benzene rings is 2. The Balaban J connectivity index is 1.73. The lowest BCUT2D eigenvalue weighted by Gasteiger charge is -2.28. The van der Waals surface area contributed by atoms with Crippen molar-refractivity contribution in [1.82, 2.24) is 4.90 Å². The molecule has 0 spiro atoms. The minimum atomic E-state index is 0.695. The first-order valence-corrected chi connectivity index (χ1v) is 6.98. The monoisotopic (exact) mass is 268 g/mol. The molecule has 3 heteroatoms. The van der Waals surface area contributed by atoms with Crippen LogP contribution in [0.3, 0.4) is 0 Å². The van der Waals surface area contributed by atoms with Gasteiger partial charge in [0.15, 0.2) is 0 Å². The van der Waals surface area contributed by atoms with E-state index in [1.165, 1.54) is 16.7 Å². The van der Waals surface area contributed by atoms with Crippen LogP contribution in [0.1, 0.15) is 16.7 Å². The molecule has 0 fully saturated rings. The molecule has 0 unspecified atom stereocenters. The van der Waals surface area contributed by atoms with E-state index < -0.39 is 0 Å². The first-order chi connectivity index (χ1) is 9.76. The number of nitrogens with two attached hydrogens (primary N) is 1. The molecule has 1 aliphatic rings. The van der Waals surface area contributed by atoms with Crippen molar-refractivity contribution in [1.29, 1.82) is 0 Å². The van der Waals surface area contributed by atoms with Gasteiger partial charge in [-0.15, -0.1) is 0 Å². The highest BCUT2D eigenvalue weighted by Crippen LogP contribution is 2.25. The van der Waals surface area contributed by atoms with E-state index in [1.54, 1.807) is 7.11 Å². The van der Waals surface area contributed by atoms with Crippen LogP contribution in [0, 0.1) is 0 Å². The lowest BCUT2D eigenvalue weighted by atomic mass is 9.99. The van der Waals surface area contributed by atoms with Crippen molar-refractivity contribution in [2.75, 3.05) is 19.4 Å². The number of nitrogen functional groups attached to an aromatic ring is 1. The number of fused-ring (bicyclic) bond motifs is 1. The van der Waals surface area contributed by atoms with Crippen molar-refractivity contribution in [2.24, 2.45) is 0 Å². The lowest BCUT2D eigenvalue weighted by Crippen LogP contribution is -2.29. The van der Waals surface area contributed by atoms with E-state index >= 15 is 0 Å². The van der Waals surface area contributed by atoms with Gasteiger partial charge in [-0.05, 0) is 35.2 Å². The van der Waals surface area contributed by atoms with Crippen LogP contribution in [0.2, 0.25) is 0 Å². The number of hydrogen-bond acceptors (Lipinski definition) is 3. The fraction of sp³-hybridized carbons (Fsp3) is 0.294. The van der Waals surface area contributed by atoms with Crippen LogP contribution in [-0.4, -0.2) is 18.6 Å². The van der Waals surface area contributed by atoms with E-state index in [1.807, 2.05) is 12.1 Å². The number of hydrogen-bond donors (Lipinski definition) is 1. The van der Waals surface area contributed by atoms with Gasteiger partial charge in [0.2, 0.25) is 0 Å².